The summed E-state index contributed by atoms with van der Waals surface area (Å²) in [4.78, 5) is 4.60. The van der Waals surface area contributed by atoms with Crippen LogP contribution >= 0.6 is 0 Å². The minimum absolute atomic E-state index is 0.416. The van der Waals surface area contributed by atoms with Gasteiger partial charge in [-0.05, 0) is 59.4 Å². The van der Waals surface area contributed by atoms with E-state index in [4.69, 9.17) is 5.73 Å². The first-order chi connectivity index (χ1) is 6.59. The van der Waals surface area contributed by atoms with Crippen LogP contribution in [0.5, 0.6) is 0 Å². The zero-order valence-electron chi connectivity index (χ0n) is 9.87. The molecular weight excluding hydrogens is 174 g/mol. The maximum absolute atomic E-state index is 6.06. The predicted molar refractivity (Wildman–Crippen MR) is 61.4 cm³/mol. The fourth-order valence-electron chi connectivity index (χ4n) is 1.78. The van der Waals surface area contributed by atoms with E-state index in [9.17, 15) is 0 Å². The van der Waals surface area contributed by atoms with Crippen molar-refractivity contribution < 1.29 is 0 Å². The number of hydrogen-bond acceptors (Lipinski definition) is 3. The molecule has 1 saturated carbocycles. The Hall–Kier alpha value is -0.120. The van der Waals surface area contributed by atoms with Gasteiger partial charge in [0.05, 0.1) is 0 Å². The van der Waals surface area contributed by atoms with Crippen LogP contribution in [0.25, 0.3) is 0 Å². The average Bonchev–Trinajstić information content (AvgIpc) is 2.84. The number of likely N-dealkylation sites (N-methyl/N-ethyl adjacent to an activating group) is 1. The van der Waals surface area contributed by atoms with Crippen molar-refractivity contribution in [1.82, 2.24) is 9.80 Å². The molecule has 14 heavy (non-hydrogen) atoms. The number of nitrogens with zero attached hydrogens (tertiary/aromatic N) is 2. The summed E-state index contributed by atoms with van der Waals surface area (Å²) in [5.41, 5.74) is 6.06. The highest BCUT2D eigenvalue weighted by Crippen LogP contribution is 2.31. The number of rotatable bonds is 7. The highest BCUT2D eigenvalue weighted by molar-refractivity contribution is 4.85. The van der Waals surface area contributed by atoms with Crippen molar-refractivity contribution in [3.05, 3.63) is 0 Å². The molecule has 2 N–H and O–H groups in total. The fourth-order valence-corrected chi connectivity index (χ4v) is 1.78. The third-order valence-corrected chi connectivity index (χ3v) is 2.90. The molecule has 0 amide bonds. The SMILES string of the molecule is CN(C)CCCN(C)CC(N)C1CC1. The topological polar surface area (TPSA) is 32.5 Å². The molecule has 0 aromatic heterocycles. The van der Waals surface area contributed by atoms with E-state index in [1.807, 2.05) is 0 Å². The fraction of sp³-hybridized carbons (Fsp3) is 1.00. The Balaban J connectivity index is 2.00. The molecule has 1 unspecified atom stereocenters. The van der Waals surface area contributed by atoms with Crippen molar-refractivity contribution >= 4 is 0 Å². The summed E-state index contributed by atoms with van der Waals surface area (Å²) < 4.78 is 0. The molecule has 3 nitrogen and oxygen atoms in total. The van der Waals surface area contributed by atoms with Crippen LogP contribution in [0.3, 0.4) is 0 Å². The zero-order chi connectivity index (χ0) is 10.6. The monoisotopic (exact) mass is 199 g/mol. The van der Waals surface area contributed by atoms with Gasteiger partial charge in [0.25, 0.3) is 0 Å². The first-order valence-electron chi connectivity index (χ1n) is 5.68. The summed E-state index contributed by atoms with van der Waals surface area (Å²) in [5.74, 6) is 0.825. The Morgan fingerprint density at radius 3 is 2.36 bits per heavy atom. The molecule has 1 aliphatic rings. The Morgan fingerprint density at radius 1 is 1.21 bits per heavy atom. The van der Waals surface area contributed by atoms with Crippen LogP contribution in [0.15, 0.2) is 0 Å². The van der Waals surface area contributed by atoms with Crippen molar-refractivity contribution in [2.24, 2.45) is 11.7 Å². The summed E-state index contributed by atoms with van der Waals surface area (Å²) in [7, 11) is 6.42. The van der Waals surface area contributed by atoms with Gasteiger partial charge in [-0.2, -0.15) is 0 Å². The Labute approximate surface area is 88.2 Å². The van der Waals surface area contributed by atoms with Crippen LogP contribution in [0.2, 0.25) is 0 Å². The van der Waals surface area contributed by atoms with Gasteiger partial charge in [0.2, 0.25) is 0 Å². The first-order valence-corrected chi connectivity index (χ1v) is 5.68. The molecule has 3 heteroatoms. The summed E-state index contributed by atoms with van der Waals surface area (Å²) in [6.07, 6.45) is 3.94. The van der Waals surface area contributed by atoms with Gasteiger partial charge >= 0.3 is 0 Å². The van der Waals surface area contributed by atoms with E-state index in [1.165, 1.54) is 32.4 Å². The second-order valence-electron chi connectivity index (χ2n) is 4.92. The molecule has 0 aliphatic heterocycles. The van der Waals surface area contributed by atoms with Crippen molar-refractivity contribution in [3.63, 3.8) is 0 Å². The van der Waals surface area contributed by atoms with Gasteiger partial charge in [-0.15, -0.1) is 0 Å². The van der Waals surface area contributed by atoms with Gasteiger partial charge in [-0.3, -0.25) is 0 Å². The summed E-state index contributed by atoms with van der Waals surface area (Å²) in [6.45, 7) is 3.40. The molecule has 0 bridgehead atoms. The Bertz CT molecular complexity index is 155. The molecule has 0 heterocycles. The second kappa shape index (κ2) is 5.69. The minimum Gasteiger partial charge on any atom is -0.326 e. The first kappa shape index (κ1) is 12.0. The van der Waals surface area contributed by atoms with Gasteiger partial charge in [-0.25, -0.2) is 0 Å². The molecule has 0 spiro atoms. The molecule has 1 atom stereocenters. The minimum atomic E-state index is 0.416. The quantitative estimate of drug-likeness (QED) is 0.652. The van der Waals surface area contributed by atoms with E-state index in [2.05, 4.69) is 30.9 Å². The van der Waals surface area contributed by atoms with E-state index in [-0.39, 0.29) is 0 Å². The lowest BCUT2D eigenvalue weighted by Crippen LogP contribution is -2.37. The number of hydrogen-bond donors (Lipinski definition) is 1. The smallest absolute Gasteiger partial charge is 0.0196 e. The van der Waals surface area contributed by atoms with Gasteiger partial charge in [-0.1, -0.05) is 0 Å². The van der Waals surface area contributed by atoms with Gasteiger partial charge in [0.1, 0.15) is 0 Å². The van der Waals surface area contributed by atoms with Gasteiger partial charge < -0.3 is 15.5 Å². The van der Waals surface area contributed by atoms with E-state index < -0.39 is 0 Å². The molecule has 1 aliphatic carbocycles. The van der Waals surface area contributed by atoms with Gasteiger partial charge in [0, 0.05) is 12.6 Å². The maximum atomic E-state index is 6.06. The molecular formula is C11H25N3. The standard InChI is InChI=1S/C11H25N3/c1-13(2)7-4-8-14(3)9-11(12)10-5-6-10/h10-11H,4-9,12H2,1-3H3. The highest BCUT2D eigenvalue weighted by atomic mass is 15.1. The predicted octanol–water partition coefficient (Wildman–Crippen LogP) is 0.607. The van der Waals surface area contributed by atoms with Crippen molar-refractivity contribution in [3.8, 4) is 0 Å². The molecule has 1 fully saturated rings. The molecule has 0 saturated heterocycles. The van der Waals surface area contributed by atoms with E-state index >= 15 is 0 Å². The van der Waals surface area contributed by atoms with Gasteiger partial charge in [0.15, 0.2) is 0 Å². The lowest BCUT2D eigenvalue weighted by atomic mass is 10.2. The Kier molecular flexibility index (Phi) is 4.85. The van der Waals surface area contributed by atoms with Crippen LogP contribution in [0.4, 0.5) is 0 Å². The van der Waals surface area contributed by atoms with Crippen LogP contribution < -0.4 is 5.73 Å². The van der Waals surface area contributed by atoms with E-state index in [0.717, 1.165) is 12.5 Å². The van der Waals surface area contributed by atoms with Crippen molar-refractivity contribution in [2.45, 2.75) is 25.3 Å². The largest absolute Gasteiger partial charge is 0.326 e. The lowest BCUT2D eigenvalue weighted by Gasteiger charge is -2.21. The van der Waals surface area contributed by atoms with Crippen LogP contribution in [-0.4, -0.2) is 56.6 Å². The molecule has 0 aromatic rings. The Morgan fingerprint density at radius 2 is 1.86 bits per heavy atom. The van der Waals surface area contributed by atoms with Crippen LogP contribution in [-0.2, 0) is 0 Å². The molecule has 0 aromatic carbocycles. The third-order valence-electron chi connectivity index (χ3n) is 2.90. The van der Waals surface area contributed by atoms with Crippen molar-refractivity contribution in [2.75, 3.05) is 40.8 Å². The van der Waals surface area contributed by atoms with E-state index in [0.29, 0.717) is 6.04 Å². The number of nitrogens with two attached hydrogens (primary N) is 1. The van der Waals surface area contributed by atoms with Crippen molar-refractivity contribution in [1.29, 1.82) is 0 Å². The normalized spacial score (nSPS) is 19.3. The molecule has 1 rings (SSSR count). The zero-order valence-corrected chi connectivity index (χ0v) is 9.87. The third kappa shape index (κ3) is 4.94. The summed E-state index contributed by atoms with van der Waals surface area (Å²) in [5, 5.41) is 0. The average molecular weight is 199 g/mol. The summed E-state index contributed by atoms with van der Waals surface area (Å²) in [6, 6.07) is 0.416. The highest BCUT2D eigenvalue weighted by Gasteiger charge is 2.28. The van der Waals surface area contributed by atoms with Crippen LogP contribution in [0, 0.1) is 5.92 Å². The maximum Gasteiger partial charge on any atom is 0.0196 e. The van der Waals surface area contributed by atoms with E-state index in [1.54, 1.807) is 0 Å². The molecule has 84 valence electrons. The molecule has 0 radical (unpaired) electrons. The lowest BCUT2D eigenvalue weighted by molar-refractivity contribution is 0.277. The second-order valence-corrected chi connectivity index (χ2v) is 4.92. The summed E-state index contributed by atoms with van der Waals surface area (Å²) >= 11 is 0. The van der Waals surface area contributed by atoms with Crippen LogP contribution in [0.1, 0.15) is 19.3 Å².